The van der Waals surface area contributed by atoms with Crippen molar-refractivity contribution in [1.29, 1.82) is 0 Å². The summed E-state index contributed by atoms with van der Waals surface area (Å²) in [7, 11) is 0. The summed E-state index contributed by atoms with van der Waals surface area (Å²) in [5.41, 5.74) is -0.109. The molecule has 18 heavy (non-hydrogen) atoms. The van der Waals surface area contributed by atoms with Crippen LogP contribution in [0.3, 0.4) is 0 Å². The summed E-state index contributed by atoms with van der Waals surface area (Å²) in [5.74, 6) is 2.18. The molecule has 1 N–H and O–H groups in total. The van der Waals surface area contributed by atoms with E-state index in [9.17, 15) is 4.79 Å². The van der Waals surface area contributed by atoms with Gasteiger partial charge in [0.15, 0.2) is 0 Å². The zero-order valence-corrected chi connectivity index (χ0v) is 11.3. The van der Waals surface area contributed by atoms with E-state index in [-0.39, 0.29) is 5.54 Å². The molecule has 3 heteroatoms. The molecule has 4 atom stereocenters. The number of amides is 1. The minimum Gasteiger partial charge on any atom is -0.322 e. The zero-order valence-electron chi connectivity index (χ0n) is 11.3. The van der Waals surface area contributed by atoms with E-state index in [2.05, 4.69) is 17.1 Å². The lowest BCUT2D eigenvalue weighted by Gasteiger charge is -2.35. The van der Waals surface area contributed by atoms with Gasteiger partial charge in [-0.15, -0.1) is 0 Å². The highest BCUT2D eigenvalue weighted by Gasteiger charge is 2.61. The van der Waals surface area contributed by atoms with Crippen molar-refractivity contribution in [3.63, 3.8) is 0 Å². The fourth-order valence-corrected chi connectivity index (χ4v) is 4.74. The summed E-state index contributed by atoms with van der Waals surface area (Å²) in [4.78, 5) is 15.0. The third kappa shape index (κ3) is 1.43. The predicted octanol–water partition coefficient (Wildman–Crippen LogP) is 2.27. The number of rotatable bonds is 3. The molecule has 4 fully saturated rings. The van der Waals surface area contributed by atoms with E-state index in [0.717, 1.165) is 31.1 Å². The van der Waals surface area contributed by atoms with Gasteiger partial charge in [0.05, 0.1) is 11.7 Å². The van der Waals surface area contributed by atoms with Gasteiger partial charge < -0.3 is 4.90 Å². The highest BCUT2D eigenvalue weighted by atomic mass is 16.2. The van der Waals surface area contributed by atoms with Gasteiger partial charge in [-0.2, -0.15) is 0 Å². The molecule has 1 amide bonds. The third-order valence-corrected chi connectivity index (χ3v) is 5.79. The van der Waals surface area contributed by atoms with E-state index in [0.29, 0.717) is 18.1 Å². The first kappa shape index (κ1) is 11.3. The van der Waals surface area contributed by atoms with Crippen molar-refractivity contribution < 1.29 is 4.79 Å². The third-order valence-electron chi connectivity index (χ3n) is 5.79. The second-order valence-corrected chi connectivity index (χ2v) is 6.99. The molecule has 1 spiro atoms. The Balaban J connectivity index is 1.59. The van der Waals surface area contributed by atoms with Crippen LogP contribution in [0, 0.1) is 11.8 Å². The Morgan fingerprint density at radius 3 is 2.72 bits per heavy atom. The Hall–Kier alpha value is -0.570. The molecule has 0 aromatic carbocycles. The van der Waals surface area contributed by atoms with Crippen LogP contribution in [0.2, 0.25) is 0 Å². The fraction of sp³-hybridized carbons (Fsp3) is 0.933. The van der Waals surface area contributed by atoms with Crippen LogP contribution in [-0.4, -0.2) is 28.6 Å². The molecule has 3 saturated carbocycles. The number of hydrogen-bond acceptors (Lipinski definition) is 2. The zero-order chi connectivity index (χ0) is 12.3. The molecule has 0 aromatic rings. The highest BCUT2D eigenvalue weighted by molar-refractivity contribution is 5.92. The number of carbonyl (C=O) groups excluding carboxylic acids is 1. The average molecular weight is 248 g/mol. The van der Waals surface area contributed by atoms with E-state index < -0.39 is 0 Å². The molecule has 4 rings (SSSR count). The summed E-state index contributed by atoms with van der Waals surface area (Å²) in [6.07, 6.45) is 10.2. The van der Waals surface area contributed by atoms with E-state index in [1.807, 2.05) is 0 Å². The lowest BCUT2D eigenvalue weighted by Crippen LogP contribution is -2.47. The molecule has 0 aromatic heterocycles. The van der Waals surface area contributed by atoms with Gasteiger partial charge in [0, 0.05) is 6.04 Å². The van der Waals surface area contributed by atoms with E-state index in [1.165, 1.54) is 32.1 Å². The van der Waals surface area contributed by atoms with Gasteiger partial charge in [-0.3, -0.25) is 10.1 Å². The van der Waals surface area contributed by atoms with Gasteiger partial charge in [0.25, 0.3) is 0 Å². The number of hydrogen-bond donors (Lipinski definition) is 1. The summed E-state index contributed by atoms with van der Waals surface area (Å²) < 4.78 is 0. The van der Waals surface area contributed by atoms with Crippen molar-refractivity contribution in [2.24, 2.45) is 11.8 Å². The number of nitrogens with zero attached hydrogens (tertiary/aromatic N) is 1. The van der Waals surface area contributed by atoms with Crippen molar-refractivity contribution >= 4 is 5.91 Å². The first-order valence-electron chi connectivity index (χ1n) is 7.84. The SMILES string of the molecule is CCCC1NC2(CC2)C(=O)N1C1CC2CCC1C2. The van der Waals surface area contributed by atoms with Crippen LogP contribution < -0.4 is 5.32 Å². The van der Waals surface area contributed by atoms with Crippen molar-refractivity contribution in [3.05, 3.63) is 0 Å². The molecule has 1 heterocycles. The molecule has 3 aliphatic carbocycles. The van der Waals surface area contributed by atoms with Gasteiger partial charge in [-0.05, 0) is 50.4 Å². The van der Waals surface area contributed by atoms with E-state index in [1.54, 1.807) is 0 Å². The summed E-state index contributed by atoms with van der Waals surface area (Å²) in [5, 5.41) is 3.65. The monoisotopic (exact) mass is 248 g/mol. The maximum atomic E-state index is 12.7. The lowest BCUT2D eigenvalue weighted by atomic mass is 9.93. The first-order valence-corrected chi connectivity index (χ1v) is 7.84. The Bertz CT molecular complexity index is 377. The highest BCUT2D eigenvalue weighted by Crippen LogP contribution is 2.51. The number of nitrogens with one attached hydrogen (secondary N) is 1. The van der Waals surface area contributed by atoms with Crippen molar-refractivity contribution in [2.45, 2.75) is 76.0 Å². The van der Waals surface area contributed by atoms with Gasteiger partial charge in [-0.25, -0.2) is 0 Å². The molecule has 0 radical (unpaired) electrons. The minimum absolute atomic E-state index is 0.109. The molecular formula is C15H24N2O. The van der Waals surface area contributed by atoms with Gasteiger partial charge in [0.2, 0.25) is 5.91 Å². The maximum absolute atomic E-state index is 12.7. The maximum Gasteiger partial charge on any atom is 0.244 e. The standard InChI is InChI=1S/C15H24N2O/c1-2-3-13-16-15(6-7-15)14(18)17(13)12-9-10-4-5-11(12)8-10/h10-13,16H,2-9H2,1H3. The van der Waals surface area contributed by atoms with Gasteiger partial charge >= 0.3 is 0 Å². The Labute approximate surface area is 109 Å². The van der Waals surface area contributed by atoms with Crippen LogP contribution in [0.1, 0.15) is 58.3 Å². The average Bonchev–Trinajstić information content (AvgIpc) is 2.73. The number of fused-ring (bicyclic) bond motifs is 2. The summed E-state index contributed by atoms with van der Waals surface area (Å²) in [6, 6.07) is 0.570. The summed E-state index contributed by atoms with van der Waals surface area (Å²) >= 11 is 0. The topological polar surface area (TPSA) is 32.3 Å². The largest absolute Gasteiger partial charge is 0.322 e. The molecule has 1 saturated heterocycles. The second kappa shape index (κ2) is 3.72. The Morgan fingerprint density at radius 2 is 2.17 bits per heavy atom. The summed E-state index contributed by atoms with van der Waals surface area (Å²) in [6.45, 7) is 2.23. The lowest BCUT2D eigenvalue weighted by molar-refractivity contribution is -0.134. The molecule has 3 nitrogen and oxygen atoms in total. The molecule has 2 bridgehead atoms. The molecule has 100 valence electrons. The second-order valence-electron chi connectivity index (χ2n) is 6.99. The molecular weight excluding hydrogens is 224 g/mol. The van der Waals surface area contributed by atoms with Crippen LogP contribution in [0.15, 0.2) is 0 Å². The van der Waals surface area contributed by atoms with Crippen LogP contribution in [-0.2, 0) is 4.79 Å². The normalized spacial score (nSPS) is 44.3. The van der Waals surface area contributed by atoms with Gasteiger partial charge in [0.1, 0.15) is 0 Å². The number of carbonyl (C=O) groups is 1. The fourth-order valence-electron chi connectivity index (χ4n) is 4.74. The van der Waals surface area contributed by atoms with Crippen LogP contribution in [0.4, 0.5) is 0 Å². The van der Waals surface area contributed by atoms with Crippen molar-refractivity contribution in [2.75, 3.05) is 0 Å². The molecule has 4 aliphatic rings. The first-order chi connectivity index (χ1) is 8.73. The van der Waals surface area contributed by atoms with Crippen LogP contribution in [0.25, 0.3) is 0 Å². The van der Waals surface area contributed by atoms with Crippen molar-refractivity contribution in [1.82, 2.24) is 10.2 Å². The Kier molecular flexibility index (Phi) is 2.33. The molecule has 1 aliphatic heterocycles. The quantitative estimate of drug-likeness (QED) is 0.831. The smallest absolute Gasteiger partial charge is 0.244 e. The van der Waals surface area contributed by atoms with E-state index in [4.69, 9.17) is 0 Å². The van der Waals surface area contributed by atoms with Crippen molar-refractivity contribution in [3.8, 4) is 0 Å². The van der Waals surface area contributed by atoms with E-state index >= 15 is 0 Å². The minimum atomic E-state index is -0.109. The van der Waals surface area contributed by atoms with Crippen LogP contribution >= 0.6 is 0 Å². The van der Waals surface area contributed by atoms with Gasteiger partial charge in [-0.1, -0.05) is 19.8 Å². The predicted molar refractivity (Wildman–Crippen MR) is 69.9 cm³/mol. The van der Waals surface area contributed by atoms with Crippen LogP contribution in [0.5, 0.6) is 0 Å². The molecule has 4 unspecified atom stereocenters. The Morgan fingerprint density at radius 1 is 1.33 bits per heavy atom.